The zero-order valence-electron chi connectivity index (χ0n) is 13.7. The van der Waals surface area contributed by atoms with Gasteiger partial charge in [0.2, 0.25) is 0 Å². The summed E-state index contributed by atoms with van der Waals surface area (Å²) in [5.41, 5.74) is 12.0. The molecule has 0 N–H and O–H groups in total. The monoisotopic (exact) mass is 325 g/mol. The highest BCUT2D eigenvalue weighted by Gasteiger charge is 2.29. The van der Waals surface area contributed by atoms with Gasteiger partial charge < -0.3 is 13.9 Å². The lowest BCUT2D eigenvalue weighted by atomic mass is 9.92. The van der Waals surface area contributed by atoms with Crippen LogP contribution in [0.4, 0.5) is 5.88 Å². The van der Waals surface area contributed by atoms with Crippen LogP contribution in [0.5, 0.6) is 11.5 Å². The number of fused-ring (bicyclic) bond motifs is 1. The zero-order valence-corrected chi connectivity index (χ0v) is 13.7. The van der Waals surface area contributed by atoms with Crippen LogP contribution in [0.2, 0.25) is 0 Å². The maximum absolute atomic E-state index is 11.6. The van der Waals surface area contributed by atoms with Crippen molar-refractivity contribution in [2.75, 3.05) is 7.11 Å². The molecule has 0 fully saturated rings. The Hall–Kier alpha value is -2.89. The van der Waals surface area contributed by atoms with E-state index in [1.165, 1.54) is 6.07 Å². The largest absolute Gasteiger partial charge is 0.496 e. The van der Waals surface area contributed by atoms with Gasteiger partial charge in [-0.1, -0.05) is 23.3 Å². The molecule has 0 aliphatic carbocycles. The van der Waals surface area contributed by atoms with Crippen molar-refractivity contribution in [3.63, 3.8) is 0 Å². The molecule has 1 aliphatic rings. The fourth-order valence-corrected chi connectivity index (χ4v) is 2.88. The van der Waals surface area contributed by atoms with E-state index >= 15 is 0 Å². The minimum absolute atomic E-state index is 0.214. The van der Waals surface area contributed by atoms with Gasteiger partial charge in [-0.15, -0.1) is 0 Å². The number of methoxy groups -OCH3 is 1. The highest BCUT2D eigenvalue weighted by Crippen LogP contribution is 2.41. The molecule has 1 atom stereocenters. The summed E-state index contributed by atoms with van der Waals surface area (Å²) in [7, 11) is 1.63. The first-order valence-corrected chi connectivity index (χ1v) is 7.54. The second kappa shape index (κ2) is 6.31. The summed E-state index contributed by atoms with van der Waals surface area (Å²) in [6.07, 6.45) is 0.304. The minimum Gasteiger partial charge on any atom is -0.496 e. The molecule has 0 saturated carbocycles. The molecule has 6 heteroatoms. The average molecular weight is 325 g/mol. The molecular formula is C18H17N2O4. The number of nitrogens with zero attached hydrogens (tertiary/aromatic N) is 2. The van der Waals surface area contributed by atoms with Gasteiger partial charge in [-0.2, -0.15) is 0 Å². The van der Waals surface area contributed by atoms with E-state index in [4.69, 9.17) is 19.4 Å². The van der Waals surface area contributed by atoms with E-state index in [1.54, 1.807) is 7.11 Å². The Balaban J connectivity index is 2.04. The lowest BCUT2D eigenvalue weighted by Gasteiger charge is -2.28. The smallest absolute Gasteiger partial charge is 0.338 e. The summed E-state index contributed by atoms with van der Waals surface area (Å²) in [5.74, 6) is 0.846. The first-order chi connectivity index (χ1) is 11.5. The van der Waals surface area contributed by atoms with Gasteiger partial charge in [0.1, 0.15) is 11.9 Å². The van der Waals surface area contributed by atoms with Crippen molar-refractivity contribution in [3.05, 3.63) is 57.5 Å². The SMILES string of the molecule is COc1ccccc1CC1Oc2c(cc(=O)oc2N=[N])C(C)=C1C. The van der Waals surface area contributed by atoms with E-state index in [0.29, 0.717) is 12.0 Å². The van der Waals surface area contributed by atoms with Crippen molar-refractivity contribution in [1.29, 1.82) is 0 Å². The topological polar surface area (TPSA) is 83.3 Å². The van der Waals surface area contributed by atoms with Crippen molar-refractivity contribution < 1.29 is 13.9 Å². The quantitative estimate of drug-likeness (QED) is 0.807. The Kier molecular flexibility index (Phi) is 4.20. The number of hydrogen-bond donors (Lipinski definition) is 0. The summed E-state index contributed by atoms with van der Waals surface area (Å²) >= 11 is 0. The fraction of sp³-hybridized carbons (Fsp3) is 0.278. The number of ether oxygens (including phenoxy) is 2. The summed E-state index contributed by atoms with van der Waals surface area (Å²) in [6.45, 7) is 3.87. The van der Waals surface area contributed by atoms with Gasteiger partial charge in [-0.3, -0.25) is 0 Å². The van der Waals surface area contributed by atoms with E-state index in [2.05, 4.69) is 5.11 Å². The van der Waals surface area contributed by atoms with Crippen LogP contribution >= 0.6 is 0 Å². The van der Waals surface area contributed by atoms with Crippen molar-refractivity contribution in [2.45, 2.75) is 26.4 Å². The van der Waals surface area contributed by atoms with E-state index in [-0.39, 0.29) is 17.7 Å². The van der Waals surface area contributed by atoms with Gasteiger partial charge >= 0.3 is 5.63 Å². The molecule has 0 bridgehead atoms. The van der Waals surface area contributed by atoms with Crippen molar-refractivity contribution in [3.8, 4) is 11.5 Å². The third kappa shape index (κ3) is 2.71. The van der Waals surface area contributed by atoms with Crippen molar-refractivity contribution in [2.24, 2.45) is 5.11 Å². The molecule has 6 nitrogen and oxygen atoms in total. The second-order valence-electron chi connectivity index (χ2n) is 5.64. The number of allylic oxidation sites excluding steroid dienone is 1. The molecule has 123 valence electrons. The van der Waals surface area contributed by atoms with E-state index in [9.17, 15) is 4.79 Å². The minimum atomic E-state index is -0.583. The predicted molar refractivity (Wildman–Crippen MR) is 88.6 cm³/mol. The Morgan fingerprint density at radius 2 is 2.04 bits per heavy atom. The van der Waals surface area contributed by atoms with Gasteiger partial charge in [0, 0.05) is 18.1 Å². The Bertz CT molecular complexity index is 883. The number of rotatable bonds is 4. The van der Waals surface area contributed by atoms with E-state index in [0.717, 1.165) is 22.5 Å². The lowest BCUT2D eigenvalue weighted by Crippen LogP contribution is -2.26. The number of para-hydroxylation sites is 1. The van der Waals surface area contributed by atoms with Gasteiger partial charge in [0.15, 0.2) is 5.75 Å². The molecule has 1 unspecified atom stereocenters. The number of benzene rings is 1. The lowest BCUT2D eigenvalue weighted by molar-refractivity contribution is 0.225. The number of hydrogen-bond acceptors (Lipinski definition) is 5. The summed E-state index contributed by atoms with van der Waals surface area (Å²) in [6, 6.07) is 9.06. The molecule has 0 saturated heterocycles. The fourth-order valence-electron chi connectivity index (χ4n) is 2.88. The first-order valence-electron chi connectivity index (χ1n) is 7.54. The van der Waals surface area contributed by atoms with Crippen LogP contribution in [-0.4, -0.2) is 13.2 Å². The molecule has 3 rings (SSSR count). The molecule has 1 aliphatic heterocycles. The molecule has 2 heterocycles. The van der Waals surface area contributed by atoms with E-state index < -0.39 is 5.63 Å². The molecule has 2 aromatic rings. The van der Waals surface area contributed by atoms with Crippen LogP contribution in [0.1, 0.15) is 25.0 Å². The normalized spacial score (nSPS) is 16.4. The summed E-state index contributed by atoms with van der Waals surface area (Å²) in [4.78, 5) is 11.6. The van der Waals surface area contributed by atoms with Crippen LogP contribution in [-0.2, 0) is 6.42 Å². The van der Waals surface area contributed by atoms with E-state index in [1.807, 2.05) is 38.1 Å². The molecular weight excluding hydrogens is 308 g/mol. The van der Waals surface area contributed by atoms with Crippen LogP contribution in [0.15, 0.2) is 50.2 Å². The Morgan fingerprint density at radius 1 is 1.29 bits per heavy atom. The Labute approximate surface area is 139 Å². The Morgan fingerprint density at radius 3 is 2.75 bits per heavy atom. The van der Waals surface area contributed by atoms with Gasteiger partial charge in [0.05, 0.1) is 7.11 Å². The van der Waals surface area contributed by atoms with Crippen LogP contribution < -0.4 is 20.6 Å². The van der Waals surface area contributed by atoms with Gasteiger partial charge in [-0.25, -0.2) is 4.79 Å². The van der Waals surface area contributed by atoms with Crippen LogP contribution in [0.25, 0.3) is 5.57 Å². The highest BCUT2D eigenvalue weighted by atomic mass is 16.5. The molecule has 1 aromatic carbocycles. The maximum atomic E-state index is 11.6. The predicted octanol–water partition coefficient (Wildman–Crippen LogP) is 3.33. The van der Waals surface area contributed by atoms with Gasteiger partial charge in [0.25, 0.3) is 5.88 Å². The molecule has 0 amide bonds. The highest BCUT2D eigenvalue weighted by molar-refractivity contribution is 5.76. The zero-order chi connectivity index (χ0) is 17.3. The second-order valence-corrected chi connectivity index (χ2v) is 5.64. The first kappa shape index (κ1) is 16.0. The standard InChI is InChI=1S/C18H17N2O4/c1-10-11(2)15(8-12-6-4-5-7-14(12)22-3)23-17-13(10)9-16(21)24-18(17)20-19/h4-7,9,15H,8H2,1-3H3. The maximum Gasteiger partial charge on any atom is 0.338 e. The molecule has 1 aromatic heterocycles. The van der Waals surface area contributed by atoms with Gasteiger partial charge in [-0.05, 0) is 42.2 Å². The van der Waals surface area contributed by atoms with Crippen molar-refractivity contribution >= 4 is 11.5 Å². The summed E-state index contributed by atoms with van der Waals surface area (Å²) < 4.78 is 16.3. The molecule has 1 radical (unpaired) electrons. The third-order valence-electron chi connectivity index (χ3n) is 4.33. The van der Waals surface area contributed by atoms with Crippen LogP contribution in [0.3, 0.4) is 0 Å². The summed E-state index contributed by atoms with van der Waals surface area (Å²) in [5, 5.41) is 3.04. The molecule has 0 spiro atoms. The molecule has 24 heavy (non-hydrogen) atoms. The van der Waals surface area contributed by atoms with Crippen molar-refractivity contribution in [1.82, 2.24) is 5.53 Å². The third-order valence-corrected chi connectivity index (χ3v) is 4.33. The van der Waals surface area contributed by atoms with Crippen LogP contribution in [0, 0.1) is 0 Å². The average Bonchev–Trinajstić information content (AvgIpc) is 2.60.